The minimum absolute atomic E-state index is 0.0448. The molecule has 1 N–H and O–H groups in total. The van der Waals surface area contributed by atoms with Crippen molar-refractivity contribution in [2.24, 2.45) is 0 Å². The summed E-state index contributed by atoms with van der Waals surface area (Å²) in [6.07, 6.45) is 0.961. The molecule has 4 rings (SSSR count). The summed E-state index contributed by atoms with van der Waals surface area (Å²) in [6.45, 7) is 0.475. The first kappa shape index (κ1) is 20.2. The first-order valence-electron chi connectivity index (χ1n) is 9.45. The molecule has 0 aliphatic carbocycles. The topological polar surface area (TPSA) is 83.1 Å². The zero-order valence-corrected chi connectivity index (χ0v) is 16.7. The van der Waals surface area contributed by atoms with Gasteiger partial charge in [-0.3, -0.25) is 9.89 Å². The maximum Gasteiger partial charge on any atom is 0.271 e. The van der Waals surface area contributed by atoms with Crippen LogP contribution in [0, 0.1) is 11.6 Å². The fourth-order valence-corrected chi connectivity index (χ4v) is 5.32. The van der Waals surface area contributed by atoms with E-state index >= 15 is 0 Å². The minimum Gasteiger partial charge on any atom is -0.336 e. The number of hydrogen-bond acceptors (Lipinski definition) is 4. The van der Waals surface area contributed by atoms with Gasteiger partial charge in [0, 0.05) is 18.7 Å². The van der Waals surface area contributed by atoms with Crippen molar-refractivity contribution in [3.8, 4) is 11.3 Å². The Bertz CT molecular complexity index is 1160. The molecule has 0 bridgehead atoms. The number of halogens is 2. The van der Waals surface area contributed by atoms with Crippen molar-refractivity contribution in [3.05, 3.63) is 71.9 Å². The normalized spacial score (nSPS) is 17.1. The quantitative estimate of drug-likeness (QED) is 0.642. The number of piperidine rings is 1. The van der Waals surface area contributed by atoms with Crippen LogP contribution < -0.4 is 0 Å². The fraction of sp³-hybridized carbons (Fsp3) is 0.238. The van der Waals surface area contributed by atoms with Crippen LogP contribution in [0.5, 0.6) is 0 Å². The molecule has 1 aromatic heterocycles. The second-order valence-electron chi connectivity index (χ2n) is 7.19. The number of rotatable bonds is 4. The summed E-state index contributed by atoms with van der Waals surface area (Å²) in [7, 11) is -3.69. The van der Waals surface area contributed by atoms with Crippen molar-refractivity contribution in [1.82, 2.24) is 15.1 Å². The highest BCUT2D eigenvalue weighted by Crippen LogP contribution is 2.25. The second-order valence-corrected chi connectivity index (χ2v) is 9.42. The summed E-state index contributed by atoms with van der Waals surface area (Å²) >= 11 is 0. The van der Waals surface area contributed by atoms with E-state index in [-0.39, 0.29) is 28.9 Å². The van der Waals surface area contributed by atoms with Gasteiger partial charge in [-0.15, -0.1) is 0 Å². The molecule has 156 valence electrons. The smallest absolute Gasteiger partial charge is 0.271 e. The lowest BCUT2D eigenvalue weighted by atomic mass is 10.1. The van der Waals surface area contributed by atoms with Gasteiger partial charge in [-0.05, 0) is 67.4 Å². The Morgan fingerprint density at radius 2 is 1.67 bits per heavy atom. The molecule has 6 nitrogen and oxygen atoms in total. The standard InChI is InChI=1S/C21H19F2N3O3S/c22-15-5-3-14(4-6-15)19-12-20(25-24-19)21(27)26-11-1-2-18(13-26)30(28,29)17-9-7-16(23)8-10-17/h3-10,12,18H,1-2,11,13H2,(H,24,25)/t18-/m1/s1. The largest absolute Gasteiger partial charge is 0.336 e. The SMILES string of the molecule is O=C(c1cc(-c2ccc(F)cc2)n[nH]1)N1CCC[C@@H](S(=O)(=O)c2ccc(F)cc2)C1. The van der Waals surface area contributed by atoms with Crippen molar-refractivity contribution < 1.29 is 22.0 Å². The van der Waals surface area contributed by atoms with Gasteiger partial charge in [-0.25, -0.2) is 17.2 Å². The van der Waals surface area contributed by atoms with Crippen LogP contribution in [-0.4, -0.2) is 47.8 Å². The Kier molecular flexibility index (Phi) is 5.38. The number of carbonyl (C=O) groups excluding carboxylic acids is 1. The van der Waals surface area contributed by atoms with Crippen molar-refractivity contribution >= 4 is 15.7 Å². The van der Waals surface area contributed by atoms with E-state index in [1.807, 2.05) is 0 Å². The van der Waals surface area contributed by atoms with Crippen molar-refractivity contribution in [1.29, 1.82) is 0 Å². The number of nitrogens with zero attached hydrogens (tertiary/aromatic N) is 2. The Hall–Kier alpha value is -3.07. The number of H-pyrrole nitrogens is 1. The average molecular weight is 431 g/mol. The third-order valence-corrected chi connectivity index (χ3v) is 7.39. The number of hydrogen-bond donors (Lipinski definition) is 1. The molecule has 2 heterocycles. The van der Waals surface area contributed by atoms with Gasteiger partial charge in [-0.2, -0.15) is 5.10 Å². The number of sulfone groups is 1. The predicted molar refractivity (Wildman–Crippen MR) is 106 cm³/mol. The molecule has 0 unspecified atom stereocenters. The van der Waals surface area contributed by atoms with Gasteiger partial charge in [-0.1, -0.05) is 0 Å². The van der Waals surface area contributed by atoms with Crippen LogP contribution in [0.15, 0.2) is 59.5 Å². The molecule has 1 aliphatic heterocycles. The highest BCUT2D eigenvalue weighted by molar-refractivity contribution is 7.92. The van der Waals surface area contributed by atoms with E-state index in [1.54, 1.807) is 18.2 Å². The third-order valence-electron chi connectivity index (χ3n) is 5.19. The Morgan fingerprint density at radius 3 is 2.33 bits per heavy atom. The Morgan fingerprint density at radius 1 is 1.03 bits per heavy atom. The van der Waals surface area contributed by atoms with Crippen LogP contribution >= 0.6 is 0 Å². The molecule has 3 aromatic rings. The van der Waals surface area contributed by atoms with Crippen molar-refractivity contribution in [3.63, 3.8) is 0 Å². The molecule has 1 atom stereocenters. The number of aromatic amines is 1. The van der Waals surface area contributed by atoms with E-state index in [1.165, 1.54) is 29.2 Å². The highest BCUT2D eigenvalue weighted by atomic mass is 32.2. The zero-order valence-electron chi connectivity index (χ0n) is 15.9. The summed E-state index contributed by atoms with van der Waals surface area (Å²) in [5.74, 6) is -1.23. The summed E-state index contributed by atoms with van der Waals surface area (Å²) < 4.78 is 52.1. The lowest BCUT2D eigenvalue weighted by Crippen LogP contribution is -2.45. The highest BCUT2D eigenvalue weighted by Gasteiger charge is 2.34. The molecule has 2 aromatic carbocycles. The molecule has 1 aliphatic rings. The summed E-state index contributed by atoms with van der Waals surface area (Å²) in [4.78, 5) is 14.4. The number of amides is 1. The van der Waals surface area contributed by atoms with Crippen LogP contribution in [0.4, 0.5) is 8.78 Å². The summed E-state index contributed by atoms with van der Waals surface area (Å²) in [5, 5.41) is 6.02. The monoisotopic (exact) mass is 431 g/mol. The van der Waals surface area contributed by atoms with Gasteiger partial charge in [0.1, 0.15) is 17.3 Å². The van der Waals surface area contributed by atoms with E-state index in [4.69, 9.17) is 0 Å². The second kappa shape index (κ2) is 7.98. The maximum absolute atomic E-state index is 13.1. The molecule has 0 saturated carbocycles. The molecule has 1 amide bonds. The first-order valence-corrected chi connectivity index (χ1v) is 11.0. The summed E-state index contributed by atoms with van der Waals surface area (Å²) in [5.41, 5.74) is 1.38. The zero-order chi connectivity index (χ0) is 21.3. The molecule has 1 fully saturated rings. The van der Waals surface area contributed by atoms with Gasteiger partial charge in [0.05, 0.1) is 15.8 Å². The number of nitrogens with one attached hydrogen (secondary N) is 1. The number of carbonyl (C=O) groups is 1. The maximum atomic E-state index is 13.1. The molecule has 0 radical (unpaired) electrons. The molecule has 1 saturated heterocycles. The van der Waals surface area contributed by atoms with E-state index < -0.39 is 20.9 Å². The molecule has 30 heavy (non-hydrogen) atoms. The van der Waals surface area contributed by atoms with Crippen LogP contribution in [0.1, 0.15) is 23.3 Å². The van der Waals surface area contributed by atoms with E-state index in [2.05, 4.69) is 10.2 Å². The first-order chi connectivity index (χ1) is 14.3. The van der Waals surface area contributed by atoms with Crippen molar-refractivity contribution in [2.45, 2.75) is 23.0 Å². The average Bonchev–Trinajstić information content (AvgIpc) is 3.24. The van der Waals surface area contributed by atoms with Gasteiger partial charge >= 0.3 is 0 Å². The van der Waals surface area contributed by atoms with Crippen molar-refractivity contribution in [2.75, 3.05) is 13.1 Å². The van der Waals surface area contributed by atoms with Crippen LogP contribution in [0.2, 0.25) is 0 Å². The lowest BCUT2D eigenvalue weighted by molar-refractivity contribution is 0.0721. The summed E-state index contributed by atoms with van der Waals surface area (Å²) in [6, 6.07) is 12.0. The van der Waals surface area contributed by atoms with Crippen LogP contribution in [0.25, 0.3) is 11.3 Å². The van der Waals surface area contributed by atoms with E-state index in [0.717, 1.165) is 12.1 Å². The number of likely N-dealkylation sites (tertiary alicyclic amines) is 1. The van der Waals surface area contributed by atoms with Gasteiger partial charge in [0.2, 0.25) is 0 Å². The van der Waals surface area contributed by atoms with E-state index in [9.17, 15) is 22.0 Å². The lowest BCUT2D eigenvalue weighted by Gasteiger charge is -2.32. The van der Waals surface area contributed by atoms with Crippen LogP contribution in [-0.2, 0) is 9.84 Å². The fourth-order valence-electron chi connectivity index (χ4n) is 3.56. The van der Waals surface area contributed by atoms with Gasteiger partial charge in [0.25, 0.3) is 5.91 Å². The molecular formula is C21H19F2N3O3S. The minimum atomic E-state index is -3.69. The molecular weight excluding hydrogens is 412 g/mol. The molecule has 0 spiro atoms. The predicted octanol–water partition coefficient (Wildman–Crippen LogP) is 3.43. The Balaban J connectivity index is 1.51. The van der Waals surface area contributed by atoms with Crippen LogP contribution in [0.3, 0.4) is 0 Å². The Labute approximate surface area is 172 Å². The number of benzene rings is 2. The van der Waals surface area contributed by atoms with E-state index in [0.29, 0.717) is 30.6 Å². The van der Waals surface area contributed by atoms with Gasteiger partial charge < -0.3 is 4.90 Å². The molecule has 9 heteroatoms. The number of aromatic nitrogens is 2. The van der Waals surface area contributed by atoms with Gasteiger partial charge in [0.15, 0.2) is 9.84 Å². The third kappa shape index (κ3) is 3.97.